The molecule has 31 heavy (non-hydrogen) atoms. The van der Waals surface area contributed by atoms with Gasteiger partial charge in [-0.3, -0.25) is 9.21 Å². The summed E-state index contributed by atoms with van der Waals surface area (Å²) in [5.41, 5.74) is 0.316. The third kappa shape index (κ3) is 3.81. The molecule has 0 fully saturated rings. The molecule has 0 aliphatic carbocycles. The topological polar surface area (TPSA) is 69.7 Å². The highest BCUT2D eigenvalue weighted by molar-refractivity contribution is 7.92. The SMILES string of the molecule is O=C(Nc1cc(F)c(F)c(F)c1)N1CCN(S(=O)(=O)c2ccccc2)c2ccccc21. The van der Waals surface area contributed by atoms with Crippen LogP contribution in [0.3, 0.4) is 0 Å². The number of amides is 2. The second-order valence-corrected chi connectivity index (χ2v) is 8.58. The minimum Gasteiger partial charge on any atom is -0.307 e. The van der Waals surface area contributed by atoms with Gasteiger partial charge in [-0.25, -0.2) is 26.4 Å². The normalized spacial score (nSPS) is 13.6. The Labute approximate surface area is 176 Å². The van der Waals surface area contributed by atoms with Gasteiger partial charge in [0.15, 0.2) is 17.5 Å². The largest absolute Gasteiger partial charge is 0.326 e. The molecule has 4 rings (SSSR count). The van der Waals surface area contributed by atoms with Gasteiger partial charge in [0.1, 0.15) is 0 Å². The molecule has 6 nitrogen and oxygen atoms in total. The zero-order valence-electron chi connectivity index (χ0n) is 15.9. The fourth-order valence-corrected chi connectivity index (χ4v) is 4.82. The van der Waals surface area contributed by atoms with E-state index >= 15 is 0 Å². The summed E-state index contributed by atoms with van der Waals surface area (Å²) < 4.78 is 67.5. The molecule has 3 aromatic carbocycles. The average Bonchev–Trinajstić information content (AvgIpc) is 2.77. The van der Waals surface area contributed by atoms with E-state index in [4.69, 9.17) is 0 Å². The Bertz CT molecular complexity index is 1230. The first kappa shape index (κ1) is 20.7. The monoisotopic (exact) mass is 447 g/mol. The van der Waals surface area contributed by atoms with Gasteiger partial charge in [-0.2, -0.15) is 0 Å². The Morgan fingerprint density at radius 2 is 1.42 bits per heavy atom. The van der Waals surface area contributed by atoms with Crippen molar-refractivity contribution in [1.29, 1.82) is 0 Å². The lowest BCUT2D eigenvalue weighted by molar-refractivity contribution is 0.257. The van der Waals surface area contributed by atoms with Crippen molar-refractivity contribution < 1.29 is 26.4 Å². The number of sulfonamides is 1. The Balaban J connectivity index is 1.65. The Morgan fingerprint density at radius 3 is 2.06 bits per heavy atom. The number of urea groups is 1. The zero-order chi connectivity index (χ0) is 22.2. The lowest BCUT2D eigenvalue weighted by Crippen LogP contribution is -2.47. The van der Waals surface area contributed by atoms with Gasteiger partial charge in [0.2, 0.25) is 0 Å². The van der Waals surface area contributed by atoms with Gasteiger partial charge < -0.3 is 5.32 Å². The van der Waals surface area contributed by atoms with E-state index in [1.54, 1.807) is 42.5 Å². The highest BCUT2D eigenvalue weighted by Gasteiger charge is 2.34. The van der Waals surface area contributed by atoms with Gasteiger partial charge in [0.25, 0.3) is 10.0 Å². The molecule has 1 aliphatic rings. The maximum Gasteiger partial charge on any atom is 0.326 e. The van der Waals surface area contributed by atoms with Crippen LogP contribution in [-0.4, -0.2) is 27.5 Å². The predicted molar refractivity (Wildman–Crippen MR) is 110 cm³/mol. The molecule has 3 aromatic rings. The Kier molecular flexibility index (Phi) is 5.32. The lowest BCUT2D eigenvalue weighted by Gasteiger charge is -2.36. The number of nitrogens with zero attached hydrogens (tertiary/aromatic N) is 2. The van der Waals surface area contributed by atoms with E-state index in [-0.39, 0.29) is 29.4 Å². The van der Waals surface area contributed by atoms with E-state index in [9.17, 15) is 26.4 Å². The molecular formula is C21H16F3N3O3S. The molecule has 0 unspecified atom stereocenters. The summed E-state index contributed by atoms with van der Waals surface area (Å²) in [6.45, 7) is -0.0468. The number of rotatable bonds is 3. The zero-order valence-corrected chi connectivity index (χ0v) is 16.7. The summed E-state index contributed by atoms with van der Waals surface area (Å²) in [6.07, 6.45) is 0. The first-order valence-corrected chi connectivity index (χ1v) is 10.6. The van der Waals surface area contributed by atoms with Crippen molar-refractivity contribution in [2.75, 3.05) is 27.6 Å². The molecule has 160 valence electrons. The highest BCUT2D eigenvalue weighted by atomic mass is 32.2. The van der Waals surface area contributed by atoms with Crippen molar-refractivity contribution >= 4 is 33.1 Å². The van der Waals surface area contributed by atoms with Crippen LogP contribution in [-0.2, 0) is 10.0 Å². The van der Waals surface area contributed by atoms with Crippen molar-refractivity contribution in [3.05, 3.63) is 84.2 Å². The van der Waals surface area contributed by atoms with Crippen LogP contribution >= 0.6 is 0 Å². The summed E-state index contributed by atoms with van der Waals surface area (Å²) in [4.78, 5) is 14.1. The van der Waals surface area contributed by atoms with Crippen LogP contribution in [0, 0.1) is 17.5 Å². The molecular weight excluding hydrogens is 431 g/mol. The summed E-state index contributed by atoms with van der Waals surface area (Å²) in [7, 11) is -3.87. The number of hydrogen-bond donors (Lipinski definition) is 1. The van der Waals surface area contributed by atoms with Crippen molar-refractivity contribution in [3.8, 4) is 0 Å². The van der Waals surface area contributed by atoms with Gasteiger partial charge in [-0.1, -0.05) is 30.3 Å². The molecule has 0 radical (unpaired) electrons. The Morgan fingerprint density at radius 1 is 0.839 bits per heavy atom. The van der Waals surface area contributed by atoms with Gasteiger partial charge >= 0.3 is 6.03 Å². The molecule has 0 saturated carbocycles. The molecule has 1 heterocycles. The number of carbonyl (C=O) groups is 1. The minimum absolute atomic E-state index is 0.0128. The average molecular weight is 447 g/mol. The summed E-state index contributed by atoms with van der Waals surface area (Å²) in [5.74, 6) is -4.51. The number of carbonyl (C=O) groups excluding carboxylic acids is 1. The first-order valence-electron chi connectivity index (χ1n) is 9.19. The van der Waals surface area contributed by atoms with Crippen LogP contribution in [0.15, 0.2) is 71.6 Å². The van der Waals surface area contributed by atoms with Crippen LogP contribution in [0.2, 0.25) is 0 Å². The van der Waals surface area contributed by atoms with Gasteiger partial charge in [-0.15, -0.1) is 0 Å². The first-order chi connectivity index (χ1) is 14.8. The van der Waals surface area contributed by atoms with Gasteiger partial charge in [0.05, 0.1) is 22.8 Å². The molecule has 0 spiro atoms. The quantitative estimate of drug-likeness (QED) is 0.607. The third-order valence-electron chi connectivity index (χ3n) is 4.78. The van der Waals surface area contributed by atoms with Crippen LogP contribution in [0.4, 0.5) is 35.0 Å². The summed E-state index contributed by atoms with van der Waals surface area (Å²) in [5, 5.41) is 2.32. The smallest absolute Gasteiger partial charge is 0.307 e. The fourth-order valence-electron chi connectivity index (χ4n) is 3.33. The van der Waals surface area contributed by atoms with Gasteiger partial charge in [-0.05, 0) is 24.3 Å². The molecule has 0 atom stereocenters. The summed E-state index contributed by atoms with van der Waals surface area (Å²) in [6, 6.07) is 14.9. The van der Waals surface area contributed by atoms with Crippen molar-refractivity contribution in [2.45, 2.75) is 4.90 Å². The molecule has 0 aromatic heterocycles. The third-order valence-corrected chi connectivity index (χ3v) is 6.61. The Hall–Kier alpha value is -3.53. The number of halogens is 3. The van der Waals surface area contributed by atoms with E-state index in [1.165, 1.54) is 21.3 Å². The minimum atomic E-state index is -3.87. The van der Waals surface area contributed by atoms with Crippen LogP contribution < -0.4 is 14.5 Å². The number of anilines is 3. The van der Waals surface area contributed by atoms with Crippen molar-refractivity contribution in [2.24, 2.45) is 0 Å². The number of para-hydroxylation sites is 2. The molecule has 0 bridgehead atoms. The summed E-state index contributed by atoms with van der Waals surface area (Å²) >= 11 is 0. The van der Waals surface area contributed by atoms with Crippen molar-refractivity contribution in [1.82, 2.24) is 0 Å². The van der Waals surface area contributed by atoms with E-state index in [1.807, 2.05) is 0 Å². The second kappa shape index (κ2) is 7.95. The van der Waals surface area contributed by atoms with Crippen LogP contribution in [0.25, 0.3) is 0 Å². The molecule has 0 saturated heterocycles. The van der Waals surface area contributed by atoms with E-state index in [0.717, 1.165) is 0 Å². The van der Waals surface area contributed by atoms with E-state index in [2.05, 4.69) is 5.32 Å². The fraction of sp³-hybridized carbons (Fsp3) is 0.0952. The maximum atomic E-state index is 13.5. The highest BCUT2D eigenvalue weighted by Crippen LogP contribution is 2.36. The lowest BCUT2D eigenvalue weighted by atomic mass is 10.2. The standard InChI is InChI=1S/C21H16F3N3O3S/c22-16-12-14(13-17(23)20(16)24)25-21(28)26-10-11-27(19-9-5-4-8-18(19)26)31(29,30)15-6-2-1-3-7-15/h1-9,12-13H,10-11H2,(H,25,28). The molecule has 1 N–H and O–H groups in total. The number of hydrogen-bond acceptors (Lipinski definition) is 3. The number of fused-ring (bicyclic) bond motifs is 1. The van der Waals surface area contributed by atoms with Crippen LogP contribution in [0.1, 0.15) is 0 Å². The predicted octanol–water partition coefficient (Wildman–Crippen LogP) is 4.35. The van der Waals surface area contributed by atoms with E-state index in [0.29, 0.717) is 17.8 Å². The van der Waals surface area contributed by atoms with Crippen molar-refractivity contribution in [3.63, 3.8) is 0 Å². The molecule has 1 aliphatic heterocycles. The molecule has 2 amide bonds. The second-order valence-electron chi connectivity index (χ2n) is 6.71. The number of nitrogens with one attached hydrogen (secondary N) is 1. The van der Waals surface area contributed by atoms with E-state index < -0.39 is 33.5 Å². The molecule has 10 heteroatoms. The van der Waals surface area contributed by atoms with Crippen LogP contribution in [0.5, 0.6) is 0 Å². The number of benzene rings is 3. The van der Waals surface area contributed by atoms with Gasteiger partial charge in [0, 0.05) is 24.4 Å². The maximum absolute atomic E-state index is 13.5.